The summed E-state index contributed by atoms with van der Waals surface area (Å²) in [6.07, 6.45) is 3.36. The molecule has 12 nitrogen and oxygen atoms in total. The Morgan fingerprint density at radius 1 is 1.02 bits per heavy atom. The average Bonchev–Trinajstić information content (AvgIpc) is 3.51. The fourth-order valence-electron chi connectivity index (χ4n) is 5.16. The second-order valence-electron chi connectivity index (χ2n) is 10.3. The van der Waals surface area contributed by atoms with Crippen LogP contribution in [-0.2, 0) is 35.6 Å². The van der Waals surface area contributed by atoms with Gasteiger partial charge in [-0.1, -0.05) is 55.5 Å². The Hall–Kier alpha value is -4.87. The summed E-state index contributed by atoms with van der Waals surface area (Å²) in [5.41, 5.74) is 3.45. The highest BCUT2D eigenvalue weighted by molar-refractivity contribution is 5.80. The van der Waals surface area contributed by atoms with Gasteiger partial charge in [0.2, 0.25) is 0 Å². The molecular weight excluding hydrogens is 524 g/mol. The normalized spacial score (nSPS) is 13.1. The van der Waals surface area contributed by atoms with Gasteiger partial charge in [-0.3, -0.25) is 18.7 Å². The number of tetrazole rings is 1. The van der Waals surface area contributed by atoms with Crippen LogP contribution in [0.15, 0.2) is 58.1 Å². The molecule has 3 aromatic heterocycles. The molecule has 6 rings (SSSR count). The highest BCUT2D eigenvalue weighted by Gasteiger charge is 2.27. The lowest BCUT2D eigenvalue weighted by Crippen LogP contribution is -2.42. The van der Waals surface area contributed by atoms with Crippen LogP contribution in [0.5, 0.6) is 0 Å². The van der Waals surface area contributed by atoms with E-state index in [1.165, 1.54) is 16.2 Å². The molecule has 1 N–H and O–H groups in total. The van der Waals surface area contributed by atoms with Crippen LogP contribution in [0.3, 0.4) is 0 Å². The van der Waals surface area contributed by atoms with Crippen LogP contribution in [0.25, 0.3) is 33.7 Å². The highest BCUT2D eigenvalue weighted by atomic mass is 16.5. The van der Waals surface area contributed by atoms with E-state index >= 15 is 0 Å². The van der Waals surface area contributed by atoms with E-state index in [0.29, 0.717) is 42.6 Å². The molecule has 1 aliphatic rings. The van der Waals surface area contributed by atoms with Crippen LogP contribution < -0.4 is 11.2 Å². The van der Waals surface area contributed by atoms with Crippen molar-refractivity contribution in [3.63, 3.8) is 0 Å². The molecule has 0 unspecified atom stereocenters. The molecule has 12 heteroatoms. The van der Waals surface area contributed by atoms with Crippen LogP contribution in [-0.4, -0.2) is 52.4 Å². The number of aromatic nitrogens is 8. The largest absolute Gasteiger partial charge is 0.468 e. The van der Waals surface area contributed by atoms with Gasteiger partial charge in [0, 0.05) is 25.1 Å². The van der Waals surface area contributed by atoms with Crippen molar-refractivity contribution < 1.29 is 9.53 Å². The van der Waals surface area contributed by atoms with Gasteiger partial charge in [-0.15, -0.1) is 5.10 Å². The maximum absolute atomic E-state index is 13.8. The molecule has 0 radical (unpaired) electrons. The number of rotatable bonds is 10. The van der Waals surface area contributed by atoms with Crippen molar-refractivity contribution >= 4 is 17.1 Å². The number of hydrogen-bond donors (Lipinski definition) is 1. The molecule has 0 bridgehead atoms. The zero-order valence-corrected chi connectivity index (χ0v) is 22.9. The van der Waals surface area contributed by atoms with Crippen LogP contribution in [0, 0.1) is 5.92 Å². The van der Waals surface area contributed by atoms with Crippen LogP contribution in [0.1, 0.15) is 37.6 Å². The zero-order chi connectivity index (χ0) is 28.5. The molecule has 0 amide bonds. The third-order valence-electron chi connectivity index (χ3n) is 7.45. The number of methoxy groups -OCH3 is 1. The van der Waals surface area contributed by atoms with E-state index in [1.807, 2.05) is 60.0 Å². The van der Waals surface area contributed by atoms with E-state index in [9.17, 15) is 14.4 Å². The van der Waals surface area contributed by atoms with Gasteiger partial charge in [0.25, 0.3) is 5.56 Å². The fourth-order valence-corrected chi connectivity index (χ4v) is 5.16. The summed E-state index contributed by atoms with van der Waals surface area (Å²) in [5.74, 6) is 0.987. The maximum atomic E-state index is 13.8. The number of nitrogens with one attached hydrogen (secondary N) is 1. The van der Waals surface area contributed by atoms with E-state index in [0.717, 1.165) is 41.5 Å². The van der Waals surface area contributed by atoms with Crippen LogP contribution in [0.4, 0.5) is 0 Å². The summed E-state index contributed by atoms with van der Waals surface area (Å²) in [5, 5.41) is 14.3. The van der Waals surface area contributed by atoms with E-state index in [-0.39, 0.29) is 17.8 Å². The number of H-pyrrole nitrogens is 1. The van der Waals surface area contributed by atoms with Gasteiger partial charge in [0.05, 0.1) is 7.11 Å². The number of hydrogen-bond acceptors (Lipinski definition) is 8. The number of aryl methyl sites for hydroxylation is 1. The van der Waals surface area contributed by atoms with Crippen LogP contribution >= 0.6 is 0 Å². The first-order chi connectivity index (χ1) is 20.0. The number of carbonyl (C=O) groups is 1. The predicted octanol–water partition coefficient (Wildman–Crippen LogP) is 2.79. The summed E-state index contributed by atoms with van der Waals surface area (Å²) in [6.45, 7) is 2.44. The molecule has 1 aliphatic carbocycles. The van der Waals surface area contributed by atoms with E-state index in [1.54, 1.807) is 0 Å². The van der Waals surface area contributed by atoms with Gasteiger partial charge in [-0.05, 0) is 52.3 Å². The van der Waals surface area contributed by atoms with Crippen molar-refractivity contribution in [1.82, 2.24) is 39.3 Å². The van der Waals surface area contributed by atoms with Gasteiger partial charge in [0.15, 0.2) is 17.0 Å². The predicted molar refractivity (Wildman–Crippen MR) is 151 cm³/mol. The Kier molecular flexibility index (Phi) is 7.04. The molecule has 0 spiro atoms. The molecule has 41 heavy (non-hydrogen) atoms. The minimum Gasteiger partial charge on any atom is -0.468 e. The van der Waals surface area contributed by atoms with Crippen molar-refractivity contribution in [3.8, 4) is 22.5 Å². The Morgan fingerprint density at radius 2 is 1.78 bits per heavy atom. The van der Waals surface area contributed by atoms with Crippen molar-refractivity contribution in [2.45, 2.75) is 52.2 Å². The third kappa shape index (κ3) is 5.08. The van der Waals surface area contributed by atoms with Crippen molar-refractivity contribution in [2.24, 2.45) is 5.92 Å². The summed E-state index contributed by atoms with van der Waals surface area (Å²) in [7, 11) is 1.27. The number of nitrogens with zero attached hydrogens (tertiary/aromatic N) is 7. The number of fused-ring (bicyclic) bond motifs is 1. The topological polar surface area (TPSA) is 143 Å². The molecule has 2 aromatic carbocycles. The molecule has 1 saturated carbocycles. The molecule has 3 heterocycles. The number of carbonyl (C=O) groups excluding carboxylic acids is 1. The summed E-state index contributed by atoms with van der Waals surface area (Å²) < 4.78 is 9.27. The second kappa shape index (κ2) is 11.0. The zero-order valence-electron chi connectivity index (χ0n) is 22.9. The number of ether oxygens (including phenoxy) is 1. The van der Waals surface area contributed by atoms with Crippen molar-refractivity contribution in [3.05, 3.63) is 80.8 Å². The molecule has 210 valence electrons. The SMILES string of the molecule is CCCc1nc2c(c(=O)n(CC3CC3)c(=O)n2CC(=O)OC)n1Cc1ccc(-c2ccccc2-c2nnn[nH]2)cc1. The van der Waals surface area contributed by atoms with E-state index < -0.39 is 11.7 Å². The maximum Gasteiger partial charge on any atom is 0.333 e. The van der Waals surface area contributed by atoms with Gasteiger partial charge in [-0.2, -0.15) is 0 Å². The smallest absolute Gasteiger partial charge is 0.333 e. The Morgan fingerprint density at radius 3 is 2.44 bits per heavy atom. The van der Waals surface area contributed by atoms with E-state index in [4.69, 9.17) is 9.72 Å². The molecule has 5 aromatic rings. The molecule has 1 fully saturated rings. The van der Waals surface area contributed by atoms with Crippen molar-refractivity contribution in [2.75, 3.05) is 7.11 Å². The van der Waals surface area contributed by atoms with Crippen molar-refractivity contribution in [1.29, 1.82) is 0 Å². The van der Waals surface area contributed by atoms with Gasteiger partial charge < -0.3 is 9.30 Å². The Labute approximate surface area is 234 Å². The first-order valence-corrected chi connectivity index (χ1v) is 13.7. The first kappa shape index (κ1) is 26.4. The van der Waals surface area contributed by atoms with Gasteiger partial charge in [0.1, 0.15) is 12.4 Å². The number of benzene rings is 2. The number of imidazole rings is 1. The minimum absolute atomic E-state index is 0.215. The highest BCUT2D eigenvalue weighted by Crippen LogP contribution is 2.31. The van der Waals surface area contributed by atoms with E-state index in [2.05, 4.69) is 20.6 Å². The Balaban J connectivity index is 1.43. The summed E-state index contributed by atoms with van der Waals surface area (Å²) >= 11 is 0. The molecule has 0 aliphatic heterocycles. The monoisotopic (exact) mass is 554 g/mol. The minimum atomic E-state index is -0.575. The lowest BCUT2D eigenvalue weighted by molar-refractivity contribution is -0.141. The second-order valence-corrected chi connectivity index (χ2v) is 10.3. The Bertz CT molecular complexity index is 1830. The average molecular weight is 555 g/mol. The first-order valence-electron chi connectivity index (χ1n) is 13.7. The number of aromatic amines is 1. The lowest BCUT2D eigenvalue weighted by atomic mass is 9.98. The lowest BCUT2D eigenvalue weighted by Gasteiger charge is -2.13. The van der Waals surface area contributed by atoms with Gasteiger partial charge >= 0.3 is 11.7 Å². The van der Waals surface area contributed by atoms with Crippen LogP contribution in [0.2, 0.25) is 0 Å². The summed E-state index contributed by atoms with van der Waals surface area (Å²) in [4.78, 5) is 44.2. The summed E-state index contributed by atoms with van der Waals surface area (Å²) in [6, 6.07) is 15.9. The third-order valence-corrected chi connectivity index (χ3v) is 7.45. The standard InChI is InChI=1S/C29H30N8O4/c1-3-6-23-30-27-25(28(39)37(16-18-9-10-18)29(40)36(27)17-24(38)41-2)35(23)15-19-11-13-20(14-12-19)21-7-4-5-8-22(21)26-31-33-34-32-26/h4-5,7-8,11-14,18H,3,6,9-10,15-17H2,1-2H3,(H,31,32,33,34). The molecule has 0 saturated heterocycles. The molecule has 0 atom stereocenters. The fraction of sp³-hybridized carbons (Fsp3) is 0.345. The molecular formula is C29H30N8O4. The number of esters is 1. The van der Waals surface area contributed by atoms with Gasteiger partial charge in [-0.25, -0.2) is 14.9 Å². The quantitative estimate of drug-likeness (QED) is 0.260.